The van der Waals surface area contributed by atoms with Gasteiger partial charge in [0.25, 0.3) is 0 Å². The summed E-state index contributed by atoms with van der Waals surface area (Å²) >= 11 is 0. The number of benzene rings is 1. The Morgan fingerprint density at radius 2 is 2.00 bits per heavy atom. The lowest BCUT2D eigenvalue weighted by molar-refractivity contribution is 0.602. The van der Waals surface area contributed by atoms with Gasteiger partial charge in [-0.25, -0.2) is 8.42 Å². The topological polar surface area (TPSA) is 72.2 Å². The van der Waals surface area contributed by atoms with Crippen LogP contribution in [0.5, 0.6) is 0 Å². The lowest BCUT2D eigenvalue weighted by atomic mass is 10.2. The zero-order valence-electron chi connectivity index (χ0n) is 9.60. The van der Waals surface area contributed by atoms with Crippen molar-refractivity contribution < 1.29 is 8.42 Å². The molecule has 1 aromatic rings. The first-order valence-electron chi connectivity index (χ1n) is 5.21. The summed E-state index contributed by atoms with van der Waals surface area (Å²) in [5.74, 6) is 0. The molecule has 1 aromatic carbocycles. The van der Waals surface area contributed by atoms with E-state index in [4.69, 9.17) is 5.73 Å². The summed E-state index contributed by atoms with van der Waals surface area (Å²) in [5.41, 5.74) is 6.09. The first-order valence-corrected chi connectivity index (χ1v) is 7.10. The molecule has 0 heterocycles. The number of sulfone groups is 1. The van der Waals surface area contributed by atoms with Gasteiger partial charge in [0.05, 0.1) is 10.6 Å². The summed E-state index contributed by atoms with van der Waals surface area (Å²) in [5, 5.41) is 3.16. The van der Waals surface area contributed by atoms with E-state index in [1.54, 1.807) is 18.2 Å². The third-order valence-corrected chi connectivity index (χ3v) is 3.44. The molecule has 0 aromatic heterocycles. The number of para-hydroxylation sites is 1. The summed E-state index contributed by atoms with van der Waals surface area (Å²) < 4.78 is 23.1. The van der Waals surface area contributed by atoms with Gasteiger partial charge in [-0.1, -0.05) is 12.1 Å². The molecule has 0 bridgehead atoms. The number of rotatable bonds is 5. The van der Waals surface area contributed by atoms with E-state index < -0.39 is 9.84 Å². The van der Waals surface area contributed by atoms with Crippen LogP contribution in [0.15, 0.2) is 29.2 Å². The Morgan fingerprint density at radius 1 is 1.38 bits per heavy atom. The lowest BCUT2D eigenvalue weighted by Gasteiger charge is -2.16. The van der Waals surface area contributed by atoms with Gasteiger partial charge < -0.3 is 11.1 Å². The molecule has 1 atom stereocenters. The highest BCUT2D eigenvalue weighted by atomic mass is 32.2. The average Bonchev–Trinajstić information content (AvgIpc) is 2.17. The number of hydrogen-bond acceptors (Lipinski definition) is 4. The average molecular weight is 242 g/mol. The van der Waals surface area contributed by atoms with Gasteiger partial charge in [-0.3, -0.25) is 0 Å². The van der Waals surface area contributed by atoms with Crippen molar-refractivity contribution in [3.63, 3.8) is 0 Å². The standard InChI is InChI=1S/C11H18N2O2S/c1-9(7-8-12)13-10-5-3-4-6-11(10)16(2,14)15/h3-6,9,13H,7-8,12H2,1-2H3. The third kappa shape index (κ3) is 3.50. The first-order chi connectivity index (χ1) is 7.45. The molecule has 0 amide bonds. The van der Waals surface area contributed by atoms with Crippen molar-refractivity contribution in [1.82, 2.24) is 0 Å². The molecule has 90 valence electrons. The van der Waals surface area contributed by atoms with E-state index in [2.05, 4.69) is 5.32 Å². The van der Waals surface area contributed by atoms with Crippen LogP contribution < -0.4 is 11.1 Å². The van der Waals surface area contributed by atoms with Crippen LogP contribution in [-0.2, 0) is 9.84 Å². The molecule has 0 radical (unpaired) electrons. The highest BCUT2D eigenvalue weighted by Gasteiger charge is 2.13. The molecule has 0 spiro atoms. The lowest BCUT2D eigenvalue weighted by Crippen LogP contribution is -2.20. The van der Waals surface area contributed by atoms with Gasteiger partial charge in [0, 0.05) is 12.3 Å². The van der Waals surface area contributed by atoms with Crippen LogP contribution in [0.25, 0.3) is 0 Å². The molecular formula is C11H18N2O2S. The van der Waals surface area contributed by atoms with Crippen molar-refractivity contribution >= 4 is 15.5 Å². The van der Waals surface area contributed by atoms with Crippen LogP contribution in [0, 0.1) is 0 Å². The maximum atomic E-state index is 11.5. The molecule has 5 heteroatoms. The highest BCUT2D eigenvalue weighted by molar-refractivity contribution is 7.90. The minimum absolute atomic E-state index is 0.160. The van der Waals surface area contributed by atoms with Gasteiger partial charge in [0.2, 0.25) is 0 Å². The maximum Gasteiger partial charge on any atom is 0.177 e. The summed E-state index contributed by atoms with van der Waals surface area (Å²) in [6.45, 7) is 2.56. The molecule has 0 fully saturated rings. The second-order valence-electron chi connectivity index (χ2n) is 3.89. The van der Waals surface area contributed by atoms with Gasteiger partial charge in [-0.15, -0.1) is 0 Å². The minimum atomic E-state index is -3.19. The molecule has 1 unspecified atom stereocenters. The van der Waals surface area contributed by atoms with E-state index in [0.717, 1.165) is 6.42 Å². The Bertz CT molecular complexity index is 443. The quantitative estimate of drug-likeness (QED) is 0.815. The van der Waals surface area contributed by atoms with Crippen molar-refractivity contribution in [3.8, 4) is 0 Å². The summed E-state index contributed by atoms with van der Waals surface area (Å²) in [6.07, 6.45) is 2.01. The van der Waals surface area contributed by atoms with E-state index in [-0.39, 0.29) is 6.04 Å². The van der Waals surface area contributed by atoms with Gasteiger partial charge in [0.15, 0.2) is 9.84 Å². The zero-order valence-corrected chi connectivity index (χ0v) is 10.4. The van der Waals surface area contributed by atoms with E-state index >= 15 is 0 Å². The Kier molecular flexibility index (Phi) is 4.32. The SMILES string of the molecule is CC(CCN)Nc1ccccc1S(C)(=O)=O. The Balaban J connectivity index is 2.96. The van der Waals surface area contributed by atoms with Crippen LogP contribution in [0.4, 0.5) is 5.69 Å². The fraction of sp³-hybridized carbons (Fsp3) is 0.455. The van der Waals surface area contributed by atoms with Crippen molar-refractivity contribution in [2.75, 3.05) is 18.1 Å². The van der Waals surface area contributed by atoms with Gasteiger partial charge >= 0.3 is 0 Å². The Labute approximate surface area is 96.8 Å². The first kappa shape index (κ1) is 13.0. The molecule has 4 nitrogen and oxygen atoms in total. The molecule has 0 saturated carbocycles. The number of anilines is 1. The summed E-state index contributed by atoms with van der Waals surface area (Å²) in [7, 11) is -3.19. The van der Waals surface area contributed by atoms with Gasteiger partial charge in [0.1, 0.15) is 0 Å². The predicted octanol–water partition coefficient (Wildman–Crippen LogP) is 1.24. The molecule has 0 aliphatic heterocycles. The Hall–Kier alpha value is -1.07. The number of nitrogens with two attached hydrogens (primary N) is 1. The highest BCUT2D eigenvalue weighted by Crippen LogP contribution is 2.21. The molecule has 3 N–H and O–H groups in total. The third-order valence-electron chi connectivity index (χ3n) is 2.29. The van der Waals surface area contributed by atoms with Crippen molar-refractivity contribution in [3.05, 3.63) is 24.3 Å². The second-order valence-corrected chi connectivity index (χ2v) is 5.88. The van der Waals surface area contributed by atoms with Crippen LogP contribution in [0.3, 0.4) is 0 Å². The minimum Gasteiger partial charge on any atom is -0.381 e. The van der Waals surface area contributed by atoms with Gasteiger partial charge in [-0.05, 0) is 32.0 Å². The van der Waals surface area contributed by atoms with Gasteiger partial charge in [-0.2, -0.15) is 0 Å². The van der Waals surface area contributed by atoms with Crippen LogP contribution in [0.1, 0.15) is 13.3 Å². The van der Waals surface area contributed by atoms with Crippen molar-refractivity contribution in [1.29, 1.82) is 0 Å². The summed E-state index contributed by atoms with van der Waals surface area (Å²) in [4.78, 5) is 0.332. The predicted molar refractivity (Wildman–Crippen MR) is 66.3 cm³/mol. The smallest absolute Gasteiger partial charge is 0.177 e. The molecule has 0 aliphatic rings. The number of nitrogens with one attached hydrogen (secondary N) is 1. The van der Waals surface area contributed by atoms with Crippen LogP contribution in [-0.4, -0.2) is 27.3 Å². The summed E-state index contributed by atoms with van der Waals surface area (Å²) in [6, 6.07) is 7.06. The van der Waals surface area contributed by atoms with E-state index in [1.165, 1.54) is 6.26 Å². The zero-order chi connectivity index (χ0) is 12.2. The Morgan fingerprint density at radius 3 is 2.56 bits per heavy atom. The van der Waals surface area contributed by atoms with Crippen molar-refractivity contribution in [2.45, 2.75) is 24.3 Å². The normalized spacial score (nSPS) is 13.4. The maximum absolute atomic E-state index is 11.5. The largest absolute Gasteiger partial charge is 0.381 e. The van der Waals surface area contributed by atoms with E-state index in [0.29, 0.717) is 17.1 Å². The molecule has 1 rings (SSSR count). The monoisotopic (exact) mass is 242 g/mol. The fourth-order valence-corrected chi connectivity index (χ4v) is 2.35. The molecular weight excluding hydrogens is 224 g/mol. The second kappa shape index (κ2) is 5.32. The van der Waals surface area contributed by atoms with E-state index in [1.807, 2.05) is 13.0 Å². The van der Waals surface area contributed by atoms with E-state index in [9.17, 15) is 8.42 Å². The molecule has 0 saturated heterocycles. The number of hydrogen-bond donors (Lipinski definition) is 2. The van der Waals surface area contributed by atoms with Crippen molar-refractivity contribution in [2.24, 2.45) is 5.73 Å². The van der Waals surface area contributed by atoms with Crippen LogP contribution >= 0.6 is 0 Å². The molecule has 16 heavy (non-hydrogen) atoms. The van der Waals surface area contributed by atoms with Crippen LogP contribution in [0.2, 0.25) is 0 Å². The fourth-order valence-electron chi connectivity index (χ4n) is 1.50. The molecule has 0 aliphatic carbocycles.